The first-order chi connectivity index (χ1) is 13.8. The molecule has 0 atom stereocenters. The molecule has 1 N–H and O–H groups in total. The number of hydrogen-bond donors (Lipinski definition) is 1. The normalized spacial score (nSPS) is 14.8. The van der Waals surface area contributed by atoms with Crippen LogP contribution in [0.15, 0.2) is 60.8 Å². The molecule has 6 heteroatoms. The van der Waals surface area contributed by atoms with E-state index >= 15 is 0 Å². The summed E-state index contributed by atoms with van der Waals surface area (Å²) in [5.74, 6) is 1.62. The van der Waals surface area contributed by atoms with Crippen LogP contribution in [0.4, 0.5) is 11.8 Å². The summed E-state index contributed by atoms with van der Waals surface area (Å²) in [4.78, 5) is 18.8. The standard InChI is InChI=1S/C22H26N6/c1-2-27-12-14-28(15-13-27)21-16-20(18-8-4-3-5-9-18)25-22(26-21)24-17-19-10-6-7-11-23-19/h3-11,16H,2,12-15,17H2,1H3,(H,24,25,26). The zero-order valence-electron chi connectivity index (χ0n) is 16.3. The van der Waals surface area contributed by atoms with Gasteiger partial charge in [0.1, 0.15) is 5.82 Å². The van der Waals surface area contributed by atoms with Gasteiger partial charge in [0.25, 0.3) is 0 Å². The first-order valence-corrected chi connectivity index (χ1v) is 9.87. The predicted octanol–water partition coefficient (Wildman–Crippen LogP) is 3.29. The molecule has 0 spiro atoms. The van der Waals surface area contributed by atoms with Crippen molar-refractivity contribution >= 4 is 11.8 Å². The Morgan fingerprint density at radius 3 is 2.43 bits per heavy atom. The monoisotopic (exact) mass is 374 g/mol. The highest BCUT2D eigenvalue weighted by atomic mass is 15.3. The topological polar surface area (TPSA) is 57.2 Å². The lowest BCUT2D eigenvalue weighted by atomic mass is 10.1. The lowest BCUT2D eigenvalue weighted by Crippen LogP contribution is -2.46. The first-order valence-electron chi connectivity index (χ1n) is 9.87. The molecular weight excluding hydrogens is 348 g/mol. The predicted molar refractivity (Wildman–Crippen MR) is 113 cm³/mol. The molecule has 0 unspecified atom stereocenters. The smallest absolute Gasteiger partial charge is 0.225 e. The number of nitrogens with one attached hydrogen (secondary N) is 1. The summed E-state index contributed by atoms with van der Waals surface area (Å²) >= 11 is 0. The van der Waals surface area contributed by atoms with Crippen molar-refractivity contribution < 1.29 is 0 Å². The highest BCUT2D eigenvalue weighted by Crippen LogP contribution is 2.24. The van der Waals surface area contributed by atoms with Crippen LogP contribution in [-0.4, -0.2) is 52.6 Å². The van der Waals surface area contributed by atoms with Gasteiger partial charge in [0.05, 0.1) is 17.9 Å². The minimum absolute atomic E-state index is 0.599. The quantitative estimate of drug-likeness (QED) is 0.714. The first kappa shape index (κ1) is 18.4. The molecule has 1 aliphatic heterocycles. The Bertz CT molecular complexity index is 876. The molecule has 3 aromatic rings. The molecule has 1 saturated heterocycles. The van der Waals surface area contributed by atoms with E-state index in [1.807, 2.05) is 36.4 Å². The van der Waals surface area contributed by atoms with E-state index in [9.17, 15) is 0 Å². The molecule has 4 rings (SSSR count). The number of hydrogen-bond acceptors (Lipinski definition) is 6. The van der Waals surface area contributed by atoms with E-state index in [1.165, 1.54) is 0 Å². The van der Waals surface area contributed by atoms with Gasteiger partial charge in [-0.1, -0.05) is 43.3 Å². The van der Waals surface area contributed by atoms with E-state index in [2.05, 4.69) is 45.2 Å². The number of likely N-dealkylation sites (N-methyl/N-ethyl adjacent to an activating group) is 1. The fourth-order valence-corrected chi connectivity index (χ4v) is 3.40. The van der Waals surface area contributed by atoms with E-state index in [-0.39, 0.29) is 0 Å². The molecule has 28 heavy (non-hydrogen) atoms. The Kier molecular flexibility index (Phi) is 5.77. The minimum atomic E-state index is 0.599. The number of anilines is 2. The van der Waals surface area contributed by atoms with Crippen LogP contribution >= 0.6 is 0 Å². The van der Waals surface area contributed by atoms with Crippen LogP contribution < -0.4 is 10.2 Å². The van der Waals surface area contributed by atoms with Crippen LogP contribution in [-0.2, 0) is 6.54 Å². The van der Waals surface area contributed by atoms with Crippen molar-refractivity contribution in [3.63, 3.8) is 0 Å². The summed E-state index contributed by atoms with van der Waals surface area (Å²) in [5, 5.41) is 3.35. The third-order valence-electron chi connectivity index (χ3n) is 5.08. The Balaban J connectivity index is 1.59. The van der Waals surface area contributed by atoms with Gasteiger partial charge in [-0.2, -0.15) is 4.98 Å². The fourth-order valence-electron chi connectivity index (χ4n) is 3.40. The number of benzene rings is 1. The van der Waals surface area contributed by atoms with Gasteiger partial charge in [0.2, 0.25) is 5.95 Å². The van der Waals surface area contributed by atoms with Crippen molar-refractivity contribution in [3.8, 4) is 11.3 Å². The van der Waals surface area contributed by atoms with Crippen molar-refractivity contribution in [2.45, 2.75) is 13.5 Å². The average molecular weight is 374 g/mol. The van der Waals surface area contributed by atoms with Crippen molar-refractivity contribution in [2.24, 2.45) is 0 Å². The Morgan fingerprint density at radius 2 is 1.71 bits per heavy atom. The minimum Gasteiger partial charge on any atom is -0.354 e. The van der Waals surface area contributed by atoms with Gasteiger partial charge in [-0.15, -0.1) is 0 Å². The Labute approximate surface area is 166 Å². The maximum absolute atomic E-state index is 4.81. The van der Waals surface area contributed by atoms with E-state index in [1.54, 1.807) is 6.20 Å². The molecule has 6 nitrogen and oxygen atoms in total. The molecule has 0 radical (unpaired) electrons. The average Bonchev–Trinajstić information content (AvgIpc) is 2.79. The summed E-state index contributed by atoms with van der Waals surface area (Å²) in [6.07, 6.45) is 1.80. The second-order valence-electron chi connectivity index (χ2n) is 6.90. The zero-order valence-corrected chi connectivity index (χ0v) is 16.3. The lowest BCUT2D eigenvalue weighted by molar-refractivity contribution is 0.270. The largest absolute Gasteiger partial charge is 0.354 e. The molecule has 3 heterocycles. The van der Waals surface area contributed by atoms with Gasteiger partial charge in [-0.25, -0.2) is 4.98 Å². The van der Waals surface area contributed by atoms with Crippen molar-refractivity contribution in [1.29, 1.82) is 0 Å². The summed E-state index contributed by atoms with van der Waals surface area (Å²) < 4.78 is 0. The van der Waals surface area contributed by atoms with Crippen molar-refractivity contribution in [1.82, 2.24) is 19.9 Å². The number of piperazine rings is 1. The maximum atomic E-state index is 4.81. The number of aromatic nitrogens is 3. The molecule has 2 aromatic heterocycles. The molecule has 1 aromatic carbocycles. The van der Waals surface area contributed by atoms with Crippen LogP contribution in [0.1, 0.15) is 12.6 Å². The van der Waals surface area contributed by atoms with Crippen LogP contribution in [0, 0.1) is 0 Å². The van der Waals surface area contributed by atoms with Gasteiger partial charge in [0.15, 0.2) is 0 Å². The molecule has 1 fully saturated rings. The van der Waals surface area contributed by atoms with Gasteiger partial charge < -0.3 is 15.1 Å². The maximum Gasteiger partial charge on any atom is 0.225 e. The molecule has 0 saturated carbocycles. The van der Waals surface area contributed by atoms with E-state index in [0.29, 0.717) is 12.5 Å². The van der Waals surface area contributed by atoms with Gasteiger partial charge in [-0.05, 0) is 18.7 Å². The SMILES string of the molecule is CCN1CCN(c2cc(-c3ccccc3)nc(NCc3ccccn3)n2)CC1. The number of rotatable bonds is 6. The summed E-state index contributed by atoms with van der Waals surface area (Å²) in [5.41, 5.74) is 3.00. The van der Waals surface area contributed by atoms with E-state index in [4.69, 9.17) is 9.97 Å². The summed E-state index contributed by atoms with van der Waals surface area (Å²) in [6.45, 7) is 8.02. The summed E-state index contributed by atoms with van der Waals surface area (Å²) in [6, 6.07) is 18.3. The second-order valence-corrected chi connectivity index (χ2v) is 6.90. The third-order valence-corrected chi connectivity index (χ3v) is 5.08. The van der Waals surface area contributed by atoms with Crippen LogP contribution in [0.5, 0.6) is 0 Å². The number of pyridine rings is 1. The molecule has 0 bridgehead atoms. The summed E-state index contributed by atoms with van der Waals surface area (Å²) in [7, 11) is 0. The second kappa shape index (κ2) is 8.80. The third kappa shape index (κ3) is 4.46. The van der Waals surface area contributed by atoms with Gasteiger partial charge in [0, 0.05) is 44.0 Å². The van der Waals surface area contributed by atoms with Crippen LogP contribution in [0.25, 0.3) is 11.3 Å². The highest BCUT2D eigenvalue weighted by molar-refractivity contribution is 5.64. The molecule has 0 amide bonds. The highest BCUT2D eigenvalue weighted by Gasteiger charge is 2.18. The van der Waals surface area contributed by atoms with Gasteiger partial charge >= 0.3 is 0 Å². The Morgan fingerprint density at radius 1 is 0.929 bits per heavy atom. The van der Waals surface area contributed by atoms with Crippen LogP contribution in [0.3, 0.4) is 0 Å². The van der Waals surface area contributed by atoms with E-state index in [0.717, 1.165) is 55.5 Å². The van der Waals surface area contributed by atoms with Gasteiger partial charge in [-0.3, -0.25) is 4.98 Å². The fraction of sp³-hybridized carbons (Fsp3) is 0.318. The molecule has 0 aliphatic carbocycles. The zero-order chi connectivity index (χ0) is 19.2. The van der Waals surface area contributed by atoms with Crippen molar-refractivity contribution in [2.75, 3.05) is 42.9 Å². The van der Waals surface area contributed by atoms with Crippen molar-refractivity contribution in [3.05, 3.63) is 66.5 Å². The molecule has 144 valence electrons. The number of nitrogens with zero attached hydrogens (tertiary/aromatic N) is 5. The molecular formula is C22H26N6. The van der Waals surface area contributed by atoms with Crippen LogP contribution in [0.2, 0.25) is 0 Å². The van der Waals surface area contributed by atoms with E-state index < -0.39 is 0 Å². The molecule has 1 aliphatic rings. The Hall–Kier alpha value is -2.99. The lowest BCUT2D eigenvalue weighted by Gasteiger charge is -2.35.